The lowest BCUT2D eigenvalue weighted by atomic mass is 10.5. The van der Waals surface area contributed by atoms with E-state index in [0.717, 1.165) is 10.4 Å². The second-order valence-electron chi connectivity index (χ2n) is 2.73. The van der Waals surface area contributed by atoms with Gasteiger partial charge in [-0.25, -0.2) is 4.98 Å². The van der Waals surface area contributed by atoms with Crippen LogP contribution in [0.2, 0.25) is 0 Å². The first kappa shape index (κ1) is 8.89. The summed E-state index contributed by atoms with van der Waals surface area (Å²) in [6.45, 7) is 1.84. The fraction of sp³-hybridized carbons (Fsp3) is 0.125. The summed E-state index contributed by atoms with van der Waals surface area (Å²) in [5, 5.41) is 11.7. The molecule has 2 rings (SSSR count). The molecule has 5 nitrogen and oxygen atoms in total. The highest BCUT2D eigenvalue weighted by molar-refractivity contribution is 7.13. The van der Waals surface area contributed by atoms with E-state index in [4.69, 9.17) is 0 Å². The molecule has 0 saturated carbocycles. The fourth-order valence-corrected chi connectivity index (χ4v) is 1.78. The van der Waals surface area contributed by atoms with Crippen molar-refractivity contribution < 1.29 is 5.21 Å². The van der Waals surface area contributed by atoms with Gasteiger partial charge >= 0.3 is 0 Å². The summed E-state index contributed by atoms with van der Waals surface area (Å²) in [7, 11) is 0. The van der Waals surface area contributed by atoms with E-state index in [9.17, 15) is 10.0 Å². The zero-order valence-corrected chi connectivity index (χ0v) is 8.15. The highest BCUT2D eigenvalue weighted by Crippen LogP contribution is 2.19. The first-order chi connectivity index (χ1) is 6.66. The molecule has 0 aromatic carbocycles. The average molecular weight is 209 g/mol. The molecule has 0 unspecified atom stereocenters. The van der Waals surface area contributed by atoms with E-state index >= 15 is 0 Å². The molecule has 0 aliphatic carbocycles. The third-order valence-electron chi connectivity index (χ3n) is 1.60. The van der Waals surface area contributed by atoms with Crippen LogP contribution in [-0.2, 0) is 0 Å². The van der Waals surface area contributed by atoms with Crippen LogP contribution in [0.15, 0.2) is 22.4 Å². The lowest BCUT2D eigenvalue weighted by molar-refractivity contribution is 0.185. The Bertz CT molecular complexity index is 517. The van der Waals surface area contributed by atoms with Gasteiger partial charge in [0, 0.05) is 17.1 Å². The van der Waals surface area contributed by atoms with Gasteiger partial charge in [-0.05, 0) is 6.92 Å². The Hall–Kier alpha value is -1.69. The predicted molar refractivity (Wildman–Crippen MR) is 51.5 cm³/mol. The SMILES string of the molecule is Cc1csc(-c2nc(=O)ccn2O)n1. The van der Waals surface area contributed by atoms with E-state index in [-0.39, 0.29) is 5.82 Å². The van der Waals surface area contributed by atoms with Crippen molar-refractivity contribution in [1.29, 1.82) is 0 Å². The van der Waals surface area contributed by atoms with Crippen molar-refractivity contribution in [1.82, 2.24) is 14.7 Å². The maximum atomic E-state index is 11.0. The van der Waals surface area contributed by atoms with Gasteiger partial charge in [0.05, 0.1) is 6.20 Å². The Kier molecular flexibility index (Phi) is 2.05. The highest BCUT2D eigenvalue weighted by atomic mass is 32.1. The summed E-state index contributed by atoms with van der Waals surface area (Å²) in [5.74, 6) is 0.176. The number of nitrogens with zero attached hydrogens (tertiary/aromatic N) is 3. The first-order valence-corrected chi connectivity index (χ1v) is 4.76. The summed E-state index contributed by atoms with van der Waals surface area (Å²) < 4.78 is 0.791. The number of thiazole rings is 1. The maximum absolute atomic E-state index is 11.0. The van der Waals surface area contributed by atoms with Crippen LogP contribution in [0.1, 0.15) is 5.69 Å². The van der Waals surface area contributed by atoms with Gasteiger partial charge in [-0.3, -0.25) is 4.79 Å². The molecule has 0 saturated heterocycles. The fourth-order valence-electron chi connectivity index (χ4n) is 1.00. The molecule has 0 aliphatic rings. The Morgan fingerprint density at radius 3 is 2.93 bits per heavy atom. The minimum atomic E-state index is -0.391. The molecular formula is C8H7N3O2S. The standard InChI is InChI=1S/C8H7N3O2S/c1-5-4-14-8(9-5)7-10-6(12)2-3-11(7)13/h2-4,13H,1H3. The molecule has 0 bridgehead atoms. The smallest absolute Gasteiger partial charge is 0.273 e. The van der Waals surface area contributed by atoms with Gasteiger partial charge in [0.15, 0.2) is 5.01 Å². The van der Waals surface area contributed by atoms with E-state index in [1.54, 1.807) is 0 Å². The van der Waals surface area contributed by atoms with E-state index in [1.165, 1.54) is 23.6 Å². The van der Waals surface area contributed by atoms with Gasteiger partial charge in [-0.15, -0.1) is 11.3 Å². The summed E-state index contributed by atoms with van der Waals surface area (Å²) in [6, 6.07) is 1.18. The summed E-state index contributed by atoms with van der Waals surface area (Å²) >= 11 is 1.33. The van der Waals surface area contributed by atoms with Crippen LogP contribution in [0.25, 0.3) is 10.8 Å². The molecule has 0 atom stereocenters. The monoisotopic (exact) mass is 209 g/mol. The van der Waals surface area contributed by atoms with E-state index < -0.39 is 5.56 Å². The molecule has 1 N–H and O–H groups in total. The Labute approximate surface area is 83.3 Å². The van der Waals surface area contributed by atoms with Crippen molar-refractivity contribution in [2.45, 2.75) is 6.92 Å². The molecule has 2 aromatic rings. The van der Waals surface area contributed by atoms with Gasteiger partial charge < -0.3 is 5.21 Å². The van der Waals surface area contributed by atoms with E-state index in [0.29, 0.717) is 5.01 Å². The van der Waals surface area contributed by atoms with E-state index in [1.807, 2.05) is 12.3 Å². The molecule has 6 heteroatoms. The molecule has 72 valence electrons. The lowest BCUT2D eigenvalue weighted by Crippen LogP contribution is -2.11. The zero-order valence-electron chi connectivity index (χ0n) is 7.34. The van der Waals surface area contributed by atoms with Gasteiger partial charge in [-0.1, -0.05) is 0 Å². The third-order valence-corrected chi connectivity index (χ3v) is 2.56. The normalized spacial score (nSPS) is 10.4. The van der Waals surface area contributed by atoms with Gasteiger partial charge in [0.25, 0.3) is 5.56 Å². The molecule has 2 aromatic heterocycles. The van der Waals surface area contributed by atoms with Gasteiger partial charge in [-0.2, -0.15) is 9.71 Å². The molecule has 14 heavy (non-hydrogen) atoms. The van der Waals surface area contributed by atoms with Crippen molar-refractivity contribution in [3.05, 3.63) is 33.7 Å². The van der Waals surface area contributed by atoms with Crippen LogP contribution in [0.4, 0.5) is 0 Å². The van der Waals surface area contributed by atoms with Crippen molar-refractivity contribution in [2.24, 2.45) is 0 Å². The van der Waals surface area contributed by atoms with Crippen molar-refractivity contribution in [3.8, 4) is 10.8 Å². The molecule has 0 radical (unpaired) electrons. The highest BCUT2D eigenvalue weighted by Gasteiger charge is 2.08. The number of rotatable bonds is 1. The molecule has 2 heterocycles. The molecule has 0 amide bonds. The minimum absolute atomic E-state index is 0.176. The van der Waals surface area contributed by atoms with Gasteiger partial charge in [0.2, 0.25) is 5.82 Å². The predicted octanol–water partition coefficient (Wildman–Crippen LogP) is 0.913. The van der Waals surface area contributed by atoms with Crippen LogP contribution in [0.5, 0.6) is 0 Å². The number of hydrogen-bond donors (Lipinski definition) is 1. The lowest BCUT2D eigenvalue weighted by Gasteiger charge is -2.00. The zero-order chi connectivity index (χ0) is 10.1. The van der Waals surface area contributed by atoms with Crippen molar-refractivity contribution >= 4 is 11.3 Å². The van der Waals surface area contributed by atoms with Crippen LogP contribution in [-0.4, -0.2) is 19.9 Å². The average Bonchev–Trinajstić information content (AvgIpc) is 2.56. The molecule has 0 spiro atoms. The van der Waals surface area contributed by atoms with Gasteiger partial charge in [0.1, 0.15) is 0 Å². The minimum Gasteiger partial charge on any atom is -0.427 e. The number of aromatic nitrogens is 3. The second kappa shape index (κ2) is 3.22. The quantitative estimate of drug-likeness (QED) is 0.709. The molecular weight excluding hydrogens is 202 g/mol. The van der Waals surface area contributed by atoms with E-state index in [2.05, 4.69) is 9.97 Å². The third kappa shape index (κ3) is 1.51. The van der Waals surface area contributed by atoms with Crippen LogP contribution >= 0.6 is 11.3 Å². The molecule has 0 aliphatic heterocycles. The maximum Gasteiger partial charge on any atom is 0.273 e. The number of hydrogen-bond acceptors (Lipinski definition) is 5. The largest absolute Gasteiger partial charge is 0.427 e. The molecule has 0 fully saturated rings. The van der Waals surface area contributed by atoms with Crippen LogP contribution < -0.4 is 5.56 Å². The Morgan fingerprint density at radius 1 is 1.50 bits per heavy atom. The number of aryl methyl sites for hydroxylation is 1. The first-order valence-electron chi connectivity index (χ1n) is 3.88. The van der Waals surface area contributed by atoms with Crippen molar-refractivity contribution in [3.63, 3.8) is 0 Å². The van der Waals surface area contributed by atoms with Crippen molar-refractivity contribution in [2.75, 3.05) is 0 Å². The second-order valence-corrected chi connectivity index (χ2v) is 3.59. The Balaban J connectivity index is 2.61. The summed E-state index contributed by atoms with van der Waals surface area (Å²) in [5.41, 5.74) is 0.446. The Morgan fingerprint density at radius 2 is 2.29 bits per heavy atom. The van der Waals surface area contributed by atoms with Crippen LogP contribution in [0, 0.1) is 6.92 Å². The summed E-state index contributed by atoms with van der Waals surface area (Å²) in [4.78, 5) is 18.7. The van der Waals surface area contributed by atoms with Crippen LogP contribution in [0.3, 0.4) is 0 Å². The topological polar surface area (TPSA) is 68.0 Å². The summed E-state index contributed by atoms with van der Waals surface area (Å²) in [6.07, 6.45) is 1.25.